The van der Waals surface area contributed by atoms with Gasteiger partial charge in [0, 0.05) is 21.5 Å². The van der Waals surface area contributed by atoms with E-state index < -0.39 is 76.5 Å². The molecule has 6 atom stereocenters. The highest BCUT2D eigenvalue weighted by atomic mass is 35.5. The van der Waals surface area contributed by atoms with E-state index in [1.165, 1.54) is 6.07 Å². The van der Waals surface area contributed by atoms with Gasteiger partial charge < -0.3 is 9.84 Å². The lowest BCUT2D eigenvalue weighted by Gasteiger charge is -2.50. The van der Waals surface area contributed by atoms with Crippen molar-refractivity contribution in [1.82, 2.24) is 0 Å². The van der Waals surface area contributed by atoms with Gasteiger partial charge in [0.25, 0.3) is 0 Å². The van der Waals surface area contributed by atoms with Crippen molar-refractivity contribution in [3.63, 3.8) is 0 Å². The van der Waals surface area contributed by atoms with Crippen LogP contribution in [0, 0.1) is 23.7 Å². The Morgan fingerprint density at radius 3 is 2.17 bits per heavy atom. The minimum absolute atomic E-state index is 0.0486. The smallest absolute Gasteiger partial charge is 0.508 e. The predicted molar refractivity (Wildman–Crippen MR) is 185 cm³/mol. The van der Waals surface area contributed by atoms with E-state index in [0.29, 0.717) is 21.8 Å². The number of ether oxygens (including phenoxy) is 1. The molecule has 52 heavy (non-hydrogen) atoms. The molecule has 4 amide bonds. The van der Waals surface area contributed by atoms with Crippen molar-refractivity contribution >= 4 is 58.2 Å². The number of phenolic OH excluding ortho intramolecular Hbond substituents is 1. The fourth-order valence-corrected chi connectivity index (χ4v) is 9.20. The molecule has 8 nitrogen and oxygen atoms in total. The Hall–Kier alpha value is -5.13. The monoisotopic (exact) mass is 746 g/mol. The van der Waals surface area contributed by atoms with Crippen molar-refractivity contribution in [2.24, 2.45) is 23.7 Å². The maximum absolute atomic E-state index is 15.3. The van der Waals surface area contributed by atoms with E-state index in [1.807, 2.05) is 0 Å². The van der Waals surface area contributed by atoms with Crippen LogP contribution in [-0.2, 0) is 24.6 Å². The summed E-state index contributed by atoms with van der Waals surface area (Å²) in [5, 5.41) is 12.2. The molecule has 0 spiro atoms. The molecule has 1 saturated carbocycles. The first kappa shape index (κ1) is 34.0. The van der Waals surface area contributed by atoms with Crippen LogP contribution in [0.1, 0.15) is 29.9 Å². The Kier molecular flexibility index (Phi) is 8.00. The normalized spacial score (nSPS) is 26.9. The maximum Gasteiger partial charge on any atom is 0.573 e. The van der Waals surface area contributed by atoms with E-state index in [-0.39, 0.29) is 29.1 Å². The molecule has 2 saturated heterocycles. The number of imide groups is 2. The summed E-state index contributed by atoms with van der Waals surface area (Å²) in [6.45, 7) is 0. The number of benzene rings is 4. The van der Waals surface area contributed by atoms with Gasteiger partial charge in [-0.1, -0.05) is 71.2 Å². The molecule has 2 heterocycles. The van der Waals surface area contributed by atoms with E-state index in [4.69, 9.17) is 23.2 Å². The van der Waals surface area contributed by atoms with E-state index in [2.05, 4.69) is 4.74 Å². The Morgan fingerprint density at radius 2 is 1.48 bits per heavy atom. The van der Waals surface area contributed by atoms with Crippen LogP contribution >= 0.6 is 23.2 Å². The largest absolute Gasteiger partial charge is 0.573 e. The fourth-order valence-electron chi connectivity index (χ4n) is 8.89. The number of carbonyl (C=O) groups excluding carboxylic acids is 4. The molecule has 1 N–H and O–H groups in total. The average molecular weight is 748 g/mol. The van der Waals surface area contributed by atoms with Crippen LogP contribution in [0.4, 0.5) is 24.5 Å². The van der Waals surface area contributed by atoms with Crippen LogP contribution in [0.3, 0.4) is 0 Å². The number of hydrogen-bond acceptors (Lipinski definition) is 6. The number of fused-ring (bicyclic) bond motifs is 4. The zero-order chi connectivity index (χ0) is 36.7. The van der Waals surface area contributed by atoms with Gasteiger partial charge in [0.1, 0.15) is 11.5 Å². The number of rotatable bonds is 5. The molecule has 8 rings (SSSR count). The molecule has 3 fully saturated rings. The van der Waals surface area contributed by atoms with E-state index in [1.54, 1.807) is 78.9 Å². The molecule has 0 radical (unpaired) electrons. The third-order valence-electron chi connectivity index (χ3n) is 10.8. The Morgan fingerprint density at radius 1 is 0.750 bits per heavy atom. The zero-order valence-corrected chi connectivity index (χ0v) is 28.4. The van der Waals surface area contributed by atoms with Gasteiger partial charge in [-0.05, 0) is 85.0 Å². The SMILES string of the molecule is O=C1C2CC=C3C(CC4C(=O)N(c5cccc(Cl)c5)C(=O)C4(c4ccccc4)C3c3cc(OC(F)(F)F)ccc3O)C2C(=O)N1c1ccc(Cl)cc1. The Labute approximate surface area is 305 Å². The topological polar surface area (TPSA) is 104 Å². The number of aromatic hydroxyl groups is 1. The average Bonchev–Trinajstić information content (AvgIpc) is 3.50. The third-order valence-corrected chi connectivity index (χ3v) is 11.3. The highest BCUT2D eigenvalue weighted by Gasteiger charge is 2.70. The van der Waals surface area contributed by atoms with Gasteiger partial charge in [0.05, 0.1) is 34.5 Å². The minimum Gasteiger partial charge on any atom is -0.508 e. The second-order valence-corrected chi connectivity index (χ2v) is 14.2. The van der Waals surface area contributed by atoms with Gasteiger partial charge in [0.2, 0.25) is 23.6 Å². The highest BCUT2D eigenvalue weighted by Crippen LogP contribution is 2.65. The Bertz CT molecular complexity index is 2190. The van der Waals surface area contributed by atoms with Crippen LogP contribution in [0.5, 0.6) is 11.5 Å². The molecule has 2 aliphatic carbocycles. The second-order valence-electron chi connectivity index (χ2n) is 13.4. The van der Waals surface area contributed by atoms with Gasteiger partial charge in [-0.15, -0.1) is 13.2 Å². The summed E-state index contributed by atoms with van der Waals surface area (Å²) in [5.41, 5.74) is -0.589. The fraction of sp³-hybridized carbons (Fsp3) is 0.231. The molecule has 0 aromatic heterocycles. The lowest BCUT2D eigenvalue weighted by molar-refractivity contribution is -0.274. The molecule has 264 valence electrons. The number of hydrogen-bond donors (Lipinski definition) is 1. The lowest BCUT2D eigenvalue weighted by Crippen LogP contribution is -2.53. The van der Waals surface area contributed by atoms with Crippen molar-refractivity contribution in [3.05, 3.63) is 130 Å². The first-order valence-electron chi connectivity index (χ1n) is 16.4. The number of anilines is 2. The number of halogens is 5. The minimum atomic E-state index is -5.08. The summed E-state index contributed by atoms with van der Waals surface area (Å²) in [6.07, 6.45) is -3.32. The van der Waals surface area contributed by atoms with Crippen LogP contribution in [-0.4, -0.2) is 35.1 Å². The third kappa shape index (κ3) is 5.12. The van der Waals surface area contributed by atoms with Crippen molar-refractivity contribution in [1.29, 1.82) is 0 Å². The molecule has 2 aliphatic heterocycles. The number of amides is 4. The maximum atomic E-state index is 15.3. The van der Waals surface area contributed by atoms with E-state index in [0.717, 1.165) is 28.0 Å². The second kappa shape index (κ2) is 12.2. The Balaban J connectivity index is 1.37. The van der Waals surface area contributed by atoms with Crippen LogP contribution < -0.4 is 14.5 Å². The first-order valence-corrected chi connectivity index (χ1v) is 17.2. The van der Waals surface area contributed by atoms with Crippen molar-refractivity contribution in [2.75, 3.05) is 9.80 Å². The molecule has 4 aliphatic rings. The first-order chi connectivity index (χ1) is 24.8. The van der Waals surface area contributed by atoms with Gasteiger partial charge in [-0.2, -0.15) is 0 Å². The molecule has 4 aromatic rings. The van der Waals surface area contributed by atoms with Crippen molar-refractivity contribution in [2.45, 2.75) is 30.5 Å². The quantitative estimate of drug-likeness (QED) is 0.164. The van der Waals surface area contributed by atoms with Crippen molar-refractivity contribution in [3.8, 4) is 11.5 Å². The summed E-state index contributed by atoms with van der Waals surface area (Å²) >= 11 is 12.4. The molecular formula is C39H27Cl2F3N2O6. The van der Waals surface area contributed by atoms with Crippen LogP contribution in [0.25, 0.3) is 0 Å². The summed E-state index contributed by atoms with van der Waals surface area (Å²) < 4.78 is 44.9. The summed E-state index contributed by atoms with van der Waals surface area (Å²) in [7, 11) is 0. The molecule has 4 aromatic carbocycles. The summed E-state index contributed by atoms with van der Waals surface area (Å²) in [6, 6.07) is 23.8. The van der Waals surface area contributed by atoms with Gasteiger partial charge in [-0.3, -0.25) is 24.1 Å². The molecule has 0 bridgehead atoms. The predicted octanol–water partition coefficient (Wildman–Crippen LogP) is 7.96. The lowest BCUT2D eigenvalue weighted by atomic mass is 9.49. The number of phenols is 1. The number of nitrogens with zero attached hydrogens (tertiary/aromatic N) is 2. The van der Waals surface area contributed by atoms with Gasteiger partial charge in [-0.25, -0.2) is 4.90 Å². The van der Waals surface area contributed by atoms with E-state index in [9.17, 15) is 32.7 Å². The van der Waals surface area contributed by atoms with Crippen molar-refractivity contribution < 1.29 is 42.2 Å². The zero-order valence-electron chi connectivity index (χ0n) is 26.9. The summed E-state index contributed by atoms with van der Waals surface area (Å²) in [5.74, 6) is -8.42. The van der Waals surface area contributed by atoms with E-state index >= 15 is 4.79 Å². The van der Waals surface area contributed by atoms with Gasteiger partial charge >= 0.3 is 6.36 Å². The van der Waals surface area contributed by atoms with Crippen LogP contribution in [0.2, 0.25) is 10.0 Å². The molecular weight excluding hydrogens is 720 g/mol. The van der Waals surface area contributed by atoms with Gasteiger partial charge in [0.15, 0.2) is 0 Å². The molecule has 6 unspecified atom stereocenters. The number of allylic oxidation sites excluding steroid dienone is 2. The van der Waals surface area contributed by atoms with Crippen LogP contribution in [0.15, 0.2) is 109 Å². The standard InChI is InChI=1S/C39H27Cl2F3N2O6/c40-21-9-11-23(12-10-21)45-34(48)27-15-14-26-28(32(27)36(45)50)19-30-35(49)46(24-8-4-7-22(41)17-24)37(51)38(30,20-5-2-1-3-6-20)33(26)29-18-25(13-16-31(29)47)52-39(42,43)44/h1-14,16-18,27-28,30,32-33,47H,15,19H2. The highest BCUT2D eigenvalue weighted by molar-refractivity contribution is 6.32. The number of carbonyl (C=O) groups is 4. The molecule has 13 heteroatoms. The summed E-state index contributed by atoms with van der Waals surface area (Å²) in [4.78, 5) is 60.6. The number of alkyl halides is 3.